The molecule has 0 aliphatic carbocycles. The van der Waals surface area contributed by atoms with E-state index in [1.165, 1.54) is 24.3 Å². The Labute approximate surface area is 142 Å². The molecule has 0 radical (unpaired) electrons. The molecule has 25 heavy (non-hydrogen) atoms. The number of hydrogen-bond donors (Lipinski definition) is 0. The molecule has 0 spiro atoms. The van der Waals surface area contributed by atoms with E-state index in [1.54, 1.807) is 6.92 Å². The van der Waals surface area contributed by atoms with Crippen molar-refractivity contribution < 1.29 is 23.0 Å². The SMILES string of the molecule is Cc1noc(C(C)C)c1C(=O)OCc1nc(-c2ccc(F)cc2)no1. The zero-order valence-corrected chi connectivity index (χ0v) is 13.9. The predicted octanol–water partition coefficient (Wildman–Crippen LogP) is 3.65. The standard InChI is InChI=1S/C17H16FN3O4/c1-9(2)15-14(10(3)20-25-15)17(22)23-8-13-19-16(21-24-13)11-4-6-12(18)7-5-11/h4-7,9H,8H2,1-3H3. The first kappa shape index (κ1) is 16.8. The van der Waals surface area contributed by atoms with E-state index >= 15 is 0 Å². The van der Waals surface area contributed by atoms with Crippen LogP contribution in [0.5, 0.6) is 0 Å². The first-order valence-corrected chi connectivity index (χ1v) is 7.67. The van der Waals surface area contributed by atoms with Gasteiger partial charge in [-0.2, -0.15) is 4.98 Å². The van der Waals surface area contributed by atoms with Gasteiger partial charge in [0.2, 0.25) is 5.82 Å². The second kappa shape index (κ2) is 6.84. The zero-order chi connectivity index (χ0) is 18.0. The van der Waals surface area contributed by atoms with Gasteiger partial charge in [-0.05, 0) is 31.2 Å². The molecule has 0 N–H and O–H groups in total. The molecular formula is C17H16FN3O4. The third-order valence-corrected chi connectivity index (χ3v) is 3.51. The van der Waals surface area contributed by atoms with Crippen molar-refractivity contribution in [1.82, 2.24) is 15.3 Å². The van der Waals surface area contributed by atoms with Gasteiger partial charge in [0.15, 0.2) is 12.4 Å². The maximum Gasteiger partial charge on any atom is 0.344 e. The Balaban J connectivity index is 1.69. The monoisotopic (exact) mass is 345 g/mol. The second-order valence-electron chi connectivity index (χ2n) is 5.76. The van der Waals surface area contributed by atoms with E-state index in [1.807, 2.05) is 13.8 Å². The lowest BCUT2D eigenvalue weighted by atomic mass is 10.1. The van der Waals surface area contributed by atoms with E-state index in [9.17, 15) is 9.18 Å². The Bertz CT molecular complexity index is 884. The van der Waals surface area contributed by atoms with Gasteiger partial charge in [0.05, 0.1) is 5.69 Å². The number of aryl methyl sites for hydroxylation is 1. The quantitative estimate of drug-likeness (QED) is 0.652. The van der Waals surface area contributed by atoms with Crippen LogP contribution in [0, 0.1) is 12.7 Å². The number of esters is 1. The van der Waals surface area contributed by atoms with Gasteiger partial charge >= 0.3 is 5.97 Å². The molecular weight excluding hydrogens is 329 g/mol. The lowest BCUT2D eigenvalue weighted by molar-refractivity contribution is 0.0426. The predicted molar refractivity (Wildman–Crippen MR) is 84.1 cm³/mol. The Hall–Kier alpha value is -3.03. The summed E-state index contributed by atoms with van der Waals surface area (Å²) in [6, 6.07) is 5.66. The number of carbonyl (C=O) groups excluding carboxylic acids is 1. The highest BCUT2D eigenvalue weighted by molar-refractivity contribution is 5.91. The van der Waals surface area contributed by atoms with Gasteiger partial charge in [0.25, 0.3) is 5.89 Å². The van der Waals surface area contributed by atoms with Gasteiger partial charge in [0, 0.05) is 11.5 Å². The van der Waals surface area contributed by atoms with Crippen LogP contribution < -0.4 is 0 Å². The van der Waals surface area contributed by atoms with Crippen molar-refractivity contribution in [3.05, 3.63) is 53.0 Å². The summed E-state index contributed by atoms with van der Waals surface area (Å²) in [7, 11) is 0. The highest BCUT2D eigenvalue weighted by Gasteiger charge is 2.24. The summed E-state index contributed by atoms with van der Waals surface area (Å²) in [5.41, 5.74) is 1.37. The van der Waals surface area contributed by atoms with Crippen LogP contribution in [-0.2, 0) is 11.3 Å². The molecule has 0 atom stereocenters. The molecule has 2 heterocycles. The van der Waals surface area contributed by atoms with Crippen LogP contribution in [0.15, 0.2) is 33.3 Å². The summed E-state index contributed by atoms with van der Waals surface area (Å²) in [6.45, 7) is 5.27. The molecule has 8 heteroatoms. The molecule has 0 saturated carbocycles. The van der Waals surface area contributed by atoms with Crippen molar-refractivity contribution in [2.45, 2.75) is 33.3 Å². The minimum absolute atomic E-state index is 0.00256. The zero-order valence-electron chi connectivity index (χ0n) is 13.9. The molecule has 1 aromatic carbocycles. The molecule has 0 bridgehead atoms. The molecule has 3 aromatic rings. The van der Waals surface area contributed by atoms with E-state index in [4.69, 9.17) is 13.8 Å². The third kappa shape index (κ3) is 3.57. The van der Waals surface area contributed by atoms with E-state index in [0.29, 0.717) is 22.6 Å². The van der Waals surface area contributed by atoms with E-state index in [2.05, 4.69) is 15.3 Å². The van der Waals surface area contributed by atoms with E-state index in [0.717, 1.165) is 0 Å². The molecule has 3 rings (SSSR count). The Morgan fingerprint density at radius 2 is 1.92 bits per heavy atom. The van der Waals surface area contributed by atoms with Crippen LogP contribution in [0.4, 0.5) is 4.39 Å². The fraction of sp³-hybridized carbons (Fsp3) is 0.294. The van der Waals surface area contributed by atoms with Gasteiger partial charge in [-0.3, -0.25) is 0 Å². The van der Waals surface area contributed by atoms with Gasteiger partial charge < -0.3 is 13.8 Å². The number of hydrogen-bond acceptors (Lipinski definition) is 7. The summed E-state index contributed by atoms with van der Waals surface area (Å²) in [4.78, 5) is 16.4. The van der Waals surface area contributed by atoms with Gasteiger partial charge in [-0.25, -0.2) is 9.18 Å². The minimum atomic E-state index is -0.566. The van der Waals surface area contributed by atoms with Crippen molar-refractivity contribution in [3.63, 3.8) is 0 Å². The van der Waals surface area contributed by atoms with Crippen molar-refractivity contribution in [3.8, 4) is 11.4 Å². The maximum absolute atomic E-state index is 12.9. The number of aromatic nitrogens is 3. The highest BCUT2D eigenvalue weighted by Crippen LogP contribution is 2.23. The lowest BCUT2D eigenvalue weighted by Crippen LogP contribution is -2.09. The Morgan fingerprint density at radius 1 is 1.20 bits per heavy atom. The van der Waals surface area contributed by atoms with Gasteiger partial charge in [0.1, 0.15) is 11.4 Å². The summed E-state index contributed by atoms with van der Waals surface area (Å²) in [5.74, 6) is -0.0318. The minimum Gasteiger partial charge on any atom is -0.452 e. The summed E-state index contributed by atoms with van der Waals surface area (Å²) < 4.78 is 28.4. The Morgan fingerprint density at radius 3 is 2.60 bits per heavy atom. The lowest BCUT2D eigenvalue weighted by Gasteiger charge is -2.04. The summed E-state index contributed by atoms with van der Waals surface area (Å²) in [5, 5.41) is 7.60. The second-order valence-corrected chi connectivity index (χ2v) is 5.76. The number of carbonyl (C=O) groups is 1. The van der Waals surface area contributed by atoms with E-state index < -0.39 is 5.97 Å². The number of nitrogens with zero attached hydrogens (tertiary/aromatic N) is 3. The van der Waals surface area contributed by atoms with Gasteiger partial charge in [-0.1, -0.05) is 24.2 Å². The van der Waals surface area contributed by atoms with Crippen molar-refractivity contribution in [1.29, 1.82) is 0 Å². The van der Waals surface area contributed by atoms with Gasteiger partial charge in [-0.15, -0.1) is 0 Å². The van der Waals surface area contributed by atoms with Crippen LogP contribution in [0.25, 0.3) is 11.4 Å². The molecule has 2 aromatic heterocycles. The number of benzene rings is 1. The van der Waals surface area contributed by atoms with E-state index in [-0.39, 0.29) is 30.1 Å². The number of ether oxygens (including phenoxy) is 1. The first-order chi connectivity index (χ1) is 12.0. The average Bonchev–Trinajstić information content (AvgIpc) is 3.20. The van der Waals surface area contributed by atoms with Crippen LogP contribution in [0.1, 0.15) is 47.5 Å². The van der Waals surface area contributed by atoms with Crippen molar-refractivity contribution in [2.24, 2.45) is 0 Å². The highest BCUT2D eigenvalue weighted by atomic mass is 19.1. The average molecular weight is 345 g/mol. The fourth-order valence-corrected chi connectivity index (χ4v) is 2.26. The molecule has 130 valence electrons. The topological polar surface area (TPSA) is 91.2 Å². The maximum atomic E-state index is 12.9. The number of halogens is 1. The summed E-state index contributed by atoms with van der Waals surface area (Å²) in [6.07, 6.45) is 0. The van der Waals surface area contributed by atoms with Crippen molar-refractivity contribution in [2.75, 3.05) is 0 Å². The molecule has 0 aliphatic rings. The van der Waals surface area contributed by atoms with Crippen LogP contribution in [0.2, 0.25) is 0 Å². The fourth-order valence-electron chi connectivity index (χ4n) is 2.26. The largest absolute Gasteiger partial charge is 0.452 e. The summed E-state index contributed by atoms with van der Waals surface area (Å²) >= 11 is 0. The molecule has 7 nitrogen and oxygen atoms in total. The van der Waals surface area contributed by atoms with Crippen LogP contribution in [-0.4, -0.2) is 21.3 Å². The molecule has 0 unspecified atom stereocenters. The van der Waals surface area contributed by atoms with Crippen molar-refractivity contribution >= 4 is 5.97 Å². The van der Waals surface area contributed by atoms with Crippen LogP contribution >= 0.6 is 0 Å². The molecule has 0 saturated heterocycles. The van der Waals surface area contributed by atoms with Crippen LogP contribution in [0.3, 0.4) is 0 Å². The Kier molecular flexibility index (Phi) is 4.60. The molecule has 0 aliphatic heterocycles. The normalized spacial score (nSPS) is 11.1. The third-order valence-electron chi connectivity index (χ3n) is 3.51. The smallest absolute Gasteiger partial charge is 0.344 e. The molecule has 0 amide bonds. The number of rotatable bonds is 5. The molecule has 0 fully saturated rings. The first-order valence-electron chi connectivity index (χ1n) is 7.67.